The molecule has 0 saturated heterocycles. The lowest BCUT2D eigenvalue weighted by atomic mass is 10.1. The summed E-state index contributed by atoms with van der Waals surface area (Å²) in [5.41, 5.74) is 5.16. The van der Waals surface area contributed by atoms with Gasteiger partial charge in [-0.2, -0.15) is 5.26 Å². The Bertz CT molecular complexity index is 1360. The van der Waals surface area contributed by atoms with Crippen molar-refractivity contribution in [2.24, 2.45) is 0 Å². The number of rotatable bonds is 13. The number of hydrogen-bond donors (Lipinski definition) is 2. The second-order valence-electron chi connectivity index (χ2n) is 8.78. The largest absolute Gasteiger partial charge is 0.493 e. The van der Waals surface area contributed by atoms with E-state index >= 15 is 0 Å². The number of ether oxygens (including phenoxy) is 3. The SMILES string of the molecule is CCOc1ccccc1NC(SCc1ccc(C)cc1C)=C(C#N)C(=O)NCCc1ccc(OC)c(OC)c1. The fourth-order valence-corrected chi connectivity index (χ4v) is 5.04. The number of nitrogens with zero attached hydrogens (tertiary/aromatic N) is 1. The van der Waals surface area contributed by atoms with Gasteiger partial charge in [-0.25, -0.2) is 0 Å². The number of amides is 1. The molecular weight excluding hydrogens is 510 g/mol. The molecule has 7 nitrogen and oxygen atoms in total. The zero-order valence-corrected chi connectivity index (χ0v) is 23.9. The van der Waals surface area contributed by atoms with E-state index in [0.29, 0.717) is 53.3 Å². The van der Waals surface area contributed by atoms with Crippen LogP contribution in [0.25, 0.3) is 0 Å². The van der Waals surface area contributed by atoms with Crippen molar-refractivity contribution in [3.63, 3.8) is 0 Å². The standard InChI is InChI=1S/C31H35N3O4S/c1-6-38-27-10-8-7-9-26(27)34-31(39-20-24-13-11-21(2)17-22(24)3)25(19-32)30(35)33-16-15-23-12-14-28(36-4)29(18-23)37-5/h7-14,17-18,34H,6,15-16,20H2,1-5H3,(H,33,35). The van der Waals surface area contributed by atoms with Crippen molar-refractivity contribution < 1.29 is 19.0 Å². The minimum absolute atomic E-state index is 0.0170. The summed E-state index contributed by atoms with van der Waals surface area (Å²) in [4.78, 5) is 13.2. The summed E-state index contributed by atoms with van der Waals surface area (Å²) in [6, 6.07) is 21.5. The van der Waals surface area contributed by atoms with Gasteiger partial charge in [0.15, 0.2) is 11.5 Å². The van der Waals surface area contributed by atoms with Crippen LogP contribution in [0.5, 0.6) is 17.2 Å². The second-order valence-corrected chi connectivity index (χ2v) is 9.77. The molecular formula is C31H35N3O4S. The van der Waals surface area contributed by atoms with Gasteiger partial charge in [-0.1, -0.05) is 42.0 Å². The van der Waals surface area contributed by atoms with Crippen molar-refractivity contribution in [2.45, 2.75) is 32.9 Å². The molecule has 0 fully saturated rings. The van der Waals surface area contributed by atoms with E-state index in [4.69, 9.17) is 14.2 Å². The van der Waals surface area contributed by atoms with E-state index in [-0.39, 0.29) is 5.57 Å². The Morgan fingerprint density at radius 3 is 2.44 bits per heavy atom. The van der Waals surface area contributed by atoms with Crippen LogP contribution in [0.3, 0.4) is 0 Å². The summed E-state index contributed by atoms with van der Waals surface area (Å²) in [6.45, 7) is 6.88. The maximum atomic E-state index is 13.2. The normalized spacial score (nSPS) is 11.2. The molecule has 8 heteroatoms. The summed E-state index contributed by atoms with van der Waals surface area (Å²) >= 11 is 1.42. The highest BCUT2D eigenvalue weighted by Crippen LogP contribution is 2.32. The molecule has 0 spiro atoms. The fraction of sp³-hybridized carbons (Fsp3) is 0.290. The smallest absolute Gasteiger partial charge is 0.264 e. The number of thioether (sulfide) groups is 1. The lowest BCUT2D eigenvalue weighted by Crippen LogP contribution is -2.28. The summed E-state index contributed by atoms with van der Waals surface area (Å²) in [7, 11) is 3.17. The van der Waals surface area contributed by atoms with Crippen LogP contribution in [0, 0.1) is 25.2 Å². The van der Waals surface area contributed by atoms with Gasteiger partial charge in [0.25, 0.3) is 5.91 Å². The molecule has 0 aliphatic carbocycles. The van der Waals surface area contributed by atoms with Crippen molar-refractivity contribution >= 4 is 23.4 Å². The Kier molecular flexibility index (Phi) is 11.1. The molecule has 0 aromatic heterocycles. The number of hydrogen-bond acceptors (Lipinski definition) is 7. The molecule has 0 atom stereocenters. The highest BCUT2D eigenvalue weighted by molar-refractivity contribution is 8.02. The van der Waals surface area contributed by atoms with E-state index in [0.717, 1.165) is 16.7 Å². The van der Waals surface area contributed by atoms with Crippen molar-refractivity contribution in [2.75, 3.05) is 32.7 Å². The molecule has 3 rings (SSSR count). The molecule has 1 amide bonds. The maximum absolute atomic E-state index is 13.2. The van der Waals surface area contributed by atoms with Gasteiger partial charge in [0.2, 0.25) is 0 Å². The van der Waals surface area contributed by atoms with Crippen molar-refractivity contribution in [3.8, 4) is 23.3 Å². The van der Waals surface area contributed by atoms with Crippen LogP contribution in [0.1, 0.15) is 29.2 Å². The first-order chi connectivity index (χ1) is 18.9. The molecule has 3 aromatic carbocycles. The van der Waals surface area contributed by atoms with Gasteiger partial charge in [-0.05, 0) is 68.1 Å². The van der Waals surface area contributed by atoms with Gasteiger partial charge in [-0.15, -0.1) is 11.8 Å². The van der Waals surface area contributed by atoms with Gasteiger partial charge < -0.3 is 24.8 Å². The molecule has 0 saturated carbocycles. The number of nitrogens with one attached hydrogen (secondary N) is 2. The zero-order chi connectivity index (χ0) is 28.2. The minimum atomic E-state index is -0.442. The van der Waals surface area contributed by atoms with Gasteiger partial charge >= 0.3 is 0 Å². The summed E-state index contributed by atoms with van der Waals surface area (Å²) in [5, 5.41) is 16.7. The third-order valence-electron chi connectivity index (χ3n) is 6.02. The van der Waals surface area contributed by atoms with Gasteiger partial charge in [0.1, 0.15) is 17.4 Å². The van der Waals surface area contributed by atoms with Crippen LogP contribution < -0.4 is 24.8 Å². The third-order valence-corrected chi connectivity index (χ3v) is 7.07. The highest BCUT2D eigenvalue weighted by atomic mass is 32.2. The molecule has 2 N–H and O–H groups in total. The summed E-state index contributed by atoms with van der Waals surface area (Å²) in [5.74, 6) is 2.07. The molecule has 0 aliphatic rings. The van der Waals surface area contributed by atoms with E-state index < -0.39 is 5.91 Å². The lowest BCUT2D eigenvalue weighted by molar-refractivity contribution is -0.117. The molecule has 0 heterocycles. The zero-order valence-electron chi connectivity index (χ0n) is 23.1. The number of aryl methyl sites for hydroxylation is 2. The predicted molar refractivity (Wildman–Crippen MR) is 157 cm³/mol. The van der Waals surface area contributed by atoms with Crippen LogP contribution in [-0.4, -0.2) is 33.3 Å². The topological polar surface area (TPSA) is 92.6 Å². The molecule has 3 aromatic rings. The number of benzene rings is 3. The van der Waals surface area contributed by atoms with E-state index in [1.807, 2.05) is 49.4 Å². The Morgan fingerprint density at radius 1 is 0.974 bits per heavy atom. The maximum Gasteiger partial charge on any atom is 0.264 e. The first-order valence-corrected chi connectivity index (χ1v) is 13.7. The average molecular weight is 546 g/mol. The predicted octanol–water partition coefficient (Wildman–Crippen LogP) is 6.16. The molecule has 0 unspecified atom stereocenters. The third kappa shape index (κ3) is 8.20. The number of anilines is 1. The Morgan fingerprint density at radius 2 is 1.74 bits per heavy atom. The Hall–Kier alpha value is -4.09. The lowest BCUT2D eigenvalue weighted by Gasteiger charge is -2.17. The molecule has 0 radical (unpaired) electrons. The van der Waals surface area contributed by atoms with Crippen LogP contribution in [0.4, 0.5) is 5.69 Å². The molecule has 0 bridgehead atoms. The molecule has 204 valence electrons. The minimum Gasteiger partial charge on any atom is -0.493 e. The van der Waals surface area contributed by atoms with Crippen LogP contribution in [-0.2, 0) is 17.0 Å². The number of nitriles is 1. The van der Waals surface area contributed by atoms with Crippen LogP contribution in [0.2, 0.25) is 0 Å². The second kappa shape index (κ2) is 14.7. The quantitative estimate of drug-likeness (QED) is 0.196. The van der Waals surface area contributed by atoms with Crippen LogP contribution in [0.15, 0.2) is 71.3 Å². The van der Waals surface area contributed by atoms with E-state index in [2.05, 4.69) is 48.7 Å². The van der Waals surface area contributed by atoms with E-state index in [9.17, 15) is 10.1 Å². The Balaban J connectivity index is 1.83. The highest BCUT2D eigenvalue weighted by Gasteiger charge is 2.18. The first kappa shape index (κ1) is 29.5. The monoisotopic (exact) mass is 545 g/mol. The van der Waals surface area contributed by atoms with Crippen molar-refractivity contribution in [1.29, 1.82) is 5.26 Å². The average Bonchev–Trinajstić information content (AvgIpc) is 2.93. The Labute approximate surface area is 235 Å². The van der Waals surface area contributed by atoms with E-state index in [1.165, 1.54) is 17.3 Å². The summed E-state index contributed by atoms with van der Waals surface area (Å²) < 4.78 is 16.4. The number of para-hydroxylation sites is 2. The molecule has 0 aliphatic heterocycles. The number of carbonyl (C=O) groups excluding carboxylic acids is 1. The van der Waals surface area contributed by atoms with Crippen molar-refractivity contribution in [1.82, 2.24) is 5.32 Å². The number of carbonyl (C=O) groups is 1. The van der Waals surface area contributed by atoms with Gasteiger partial charge in [-0.3, -0.25) is 4.79 Å². The van der Waals surface area contributed by atoms with Gasteiger partial charge in [0, 0.05) is 12.3 Å². The van der Waals surface area contributed by atoms with Gasteiger partial charge in [0.05, 0.1) is 31.5 Å². The first-order valence-electron chi connectivity index (χ1n) is 12.7. The molecule has 39 heavy (non-hydrogen) atoms. The van der Waals surface area contributed by atoms with Crippen LogP contribution >= 0.6 is 11.8 Å². The fourth-order valence-electron chi connectivity index (χ4n) is 3.95. The van der Waals surface area contributed by atoms with Crippen molar-refractivity contribution in [3.05, 3.63) is 93.5 Å². The summed E-state index contributed by atoms with van der Waals surface area (Å²) in [6.07, 6.45) is 0.566. The number of methoxy groups -OCH3 is 2. The van der Waals surface area contributed by atoms with E-state index in [1.54, 1.807) is 14.2 Å².